The number of ether oxygens (including phenoxy) is 3. The molecule has 0 atom stereocenters. The molecule has 1 rings (SSSR count). The SMILES string of the molecule is COCOC1=CC[CH]C(OC)=C1. The maximum absolute atomic E-state index is 5.23. The van der Waals surface area contributed by atoms with Crippen molar-refractivity contribution in [3.05, 3.63) is 30.1 Å². The molecule has 1 radical (unpaired) electrons. The second-order valence-electron chi connectivity index (χ2n) is 2.35. The van der Waals surface area contributed by atoms with Crippen LogP contribution in [0.15, 0.2) is 23.7 Å². The molecule has 1 aliphatic carbocycles. The number of methoxy groups -OCH3 is 2. The summed E-state index contributed by atoms with van der Waals surface area (Å²) >= 11 is 0. The summed E-state index contributed by atoms with van der Waals surface area (Å²) in [6, 6.07) is 0. The van der Waals surface area contributed by atoms with E-state index in [1.54, 1.807) is 14.2 Å². The van der Waals surface area contributed by atoms with Crippen molar-refractivity contribution >= 4 is 0 Å². The first-order chi connectivity index (χ1) is 5.86. The Kier molecular flexibility index (Phi) is 3.67. The average Bonchev–Trinajstić information content (AvgIpc) is 2.15. The van der Waals surface area contributed by atoms with Gasteiger partial charge in [-0.2, -0.15) is 0 Å². The van der Waals surface area contributed by atoms with E-state index in [0.29, 0.717) is 0 Å². The van der Waals surface area contributed by atoms with Gasteiger partial charge >= 0.3 is 0 Å². The van der Waals surface area contributed by atoms with Crippen LogP contribution in [-0.2, 0) is 14.2 Å². The molecule has 0 amide bonds. The maximum atomic E-state index is 5.23. The Morgan fingerprint density at radius 2 is 2.17 bits per heavy atom. The first-order valence-corrected chi connectivity index (χ1v) is 3.77. The average molecular weight is 169 g/mol. The predicted molar refractivity (Wildman–Crippen MR) is 45.1 cm³/mol. The summed E-state index contributed by atoms with van der Waals surface area (Å²) in [7, 11) is 3.23. The molecule has 3 heteroatoms. The van der Waals surface area contributed by atoms with E-state index in [1.807, 2.05) is 18.6 Å². The van der Waals surface area contributed by atoms with Gasteiger partial charge in [0.2, 0.25) is 0 Å². The van der Waals surface area contributed by atoms with Gasteiger partial charge in [-0.3, -0.25) is 0 Å². The Morgan fingerprint density at radius 1 is 1.33 bits per heavy atom. The van der Waals surface area contributed by atoms with Crippen LogP contribution in [0.1, 0.15) is 6.42 Å². The minimum atomic E-state index is 0.277. The molecule has 67 valence electrons. The van der Waals surface area contributed by atoms with E-state index in [0.717, 1.165) is 17.9 Å². The largest absolute Gasteiger partial charge is 0.501 e. The van der Waals surface area contributed by atoms with Gasteiger partial charge in [0.15, 0.2) is 6.79 Å². The molecular weight excluding hydrogens is 156 g/mol. The lowest BCUT2D eigenvalue weighted by atomic mass is 10.1. The Labute approximate surface area is 72.6 Å². The summed E-state index contributed by atoms with van der Waals surface area (Å²) < 4.78 is 15.0. The van der Waals surface area contributed by atoms with Crippen molar-refractivity contribution in [3.8, 4) is 0 Å². The van der Waals surface area contributed by atoms with Crippen LogP contribution < -0.4 is 0 Å². The number of hydrogen-bond donors (Lipinski definition) is 0. The van der Waals surface area contributed by atoms with Crippen LogP contribution in [0, 0.1) is 6.42 Å². The Bertz CT molecular complexity index is 194. The van der Waals surface area contributed by atoms with Crippen LogP contribution in [-0.4, -0.2) is 21.0 Å². The van der Waals surface area contributed by atoms with Crippen molar-refractivity contribution in [3.63, 3.8) is 0 Å². The molecule has 3 nitrogen and oxygen atoms in total. The lowest BCUT2D eigenvalue weighted by Gasteiger charge is -2.12. The zero-order valence-electron chi connectivity index (χ0n) is 7.37. The fourth-order valence-electron chi connectivity index (χ4n) is 0.919. The van der Waals surface area contributed by atoms with Gasteiger partial charge in [-0.1, -0.05) is 0 Å². The third-order valence-corrected chi connectivity index (χ3v) is 1.50. The smallest absolute Gasteiger partial charge is 0.188 e. The Hall–Kier alpha value is -0.960. The summed E-state index contributed by atoms with van der Waals surface area (Å²) in [5.74, 6) is 1.64. The number of allylic oxidation sites excluding steroid dienone is 3. The van der Waals surface area contributed by atoms with Crippen molar-refractivity contribution in [2.24, 2.45) is 0 Å². The molecule has 0 unspecified atom stereocenters. The lowest BCUT2D eigenvalue weighted by molar-refractivity contribution is 0.00905. The zero-order chi connectivity index (χ0) is 8.81. The molecule has 0 spiro atoms. The van der Waals surface area contributed by atoms with Gasteiger partial charge in [0.25, 0.3) is 0 Å². The summed E-state index contributed by atoms with van der Waals surface area (Å²) in [6.45, 7) is 0.277. The molecule has 0 N–H and O–H groups in total. The minimum Gasteiger partial charge on any atom is -0.501 e. The summed E-state index contributed by atoms with van der Waals surface area (Å²) in [5.41, 5.74) is 0. The first kappa shape index (κ1) is 9.13. The van der Waals surface area contributed by atoms with Gasteiger partial charge in [-0.05, 0) is 12.5 Å². The third-order valence-electron chi connectivity index (χ3n) is 1.50. The maximum Gasteiger partial charge on any atom is 0.188 e. The van der Waals surface area contributed by atoms with Crippen LogP contribution in [0.3, 0.4) is 0 Å². The van der Waals surface area contributed by atoms with Crippen molar-refractivity contribution in [1.29, 1.82) is 0 Å². The highest BCUT2D eigenvalue weighted by Crippen LogP contribution is 2.17. The van der Waals surface area contributed by atoms with E-state index in [2.05, 4.69) is 0 Å². The normalized spacial score (nSPS) is 16.5. The number of hydrogen-bond acceptors (Lipinski definition) is 3. The molecule has 0 saturated carbocycles. The van der Waals surface area contributed by atoms with Crippen molar-refractivity contribution in [2.75, 3.05) is 21.0 Å². The van der Waals surface area contributed by atoms with Crippen LogP contribution in [0.2, 0.25) is 0 Å². The van der Waals surface area contributed by atoms with Gasteiger partial charge < -0.3 is 14.2 Å². The molecule has 0 saturated heterocycles. The fraction of sp³-hybridized carbons (Fsp3) is 0.444. The summed E-state index contributed by atoms with van der Waals surface area (Å²) in [4.78, 5) is 0. The molecule has 1 aliphatic rings. The highest BCUT2D eigenvalue weighted by atomic mass is 16.7. The highest BCUT2D eigenvalue weighted by Gasteiger charge is 2.05. The highest BCUT2D eigenvalue weighted by molar-refractivity contribution is 5.26. The number of rotatable bonds is 4. The molecule has 0 fully saturated rings. The molecule has 0 heterocycles. The van der Waals surface area contributed by atoms with Crippen LogP contribution in [0.4, 0.5) is 0 Å². The molecule has 0 aromatic rings. The van der Waals surface area contributed by atoms with Gasteiger partial charge in [0, 0.05) is 19.6 Å². The van der Waals surface area contributed by atoms with Crippen molar-refractivity contribution in [2.45, 2.75) is 6.42 Å². The zero-order valence-corrected chi connectivity index (χ0v) is 7.37. The standard InChI is InChI=1S/C9H13O3/c1-10-7-12-9-5-3-4-8(6-9)11-2/h4-6H,3,7H2,1-2H3. The predicted octanol–water partition coefficient (Wildman–Crippen LogP) is 1.63. The van der Waals surface area contributed by atoms with Crippen molar-refractivity contribution in [1.82, 2.24) is 0 Å². The van der Waals surface area contributed by atoms with Gasteiger partial charge in [0.1, 0.15) is 11.5 Å². The van der Waals surface area contributed by atoms with E-state index in [9.17, 15) is 0 Å². The third kappa shape index (κ3) is 2.58. The lowest BCUT2D eigenvalue weighted by Crippen LogP contribution is -2.00. The van der Waals surface area contributed by atoms with Crippen LogP contribution >= 0.6 is 0 Å². The fourth-order valence-corrected chi connectivity index (χ4v) is 0.919. The minimum absolute atomic E-state index is 0.277. The van der Waals surface area contributed by atoms with E-state index in [-0.39, 0.29) is 6.79 Å². The van der Waals surface area contributed by atoms with E-state index < -0.39 is 0 Å². The monoisotopic (exact) mass is 169 g/mol. The summed E-state index contributed by atoms with van der Waals surface area (Å²) in [6.07, 6.45) is 6.64. The van der Waals surface area contributed by atoms with Gasteiger partial charge in [0.05, 0.1) is 7.11 Å². The molecule has 0 aliphatic heterocycles. The van der Waals surface area contributed by atoms with E-state index in [4.69, 9.17) is 14.2 Å². The Balaban J connectivity index is 2.43. The van der Waals surface area contributed by atoms with Gasteiger partial charge in [-0.25, -0.2) is 0 Å². The molecular formula is C9H13O3. The van der Waals surface area contributed by atoms with Crippen LogP contribution in [0.5, 0.6) is 0 Å². The topological polar surface area (TPSA) is 27.7 Å². The first-order valence-electron chi connectivity index (χ1n) is 3.77. The quantitative estimate of drug-likeness (QED) is 0.598. The summed E-state index contributed by atoms with van der Waals surface area (Å²) in [5, 5.41) is 0. The second kappa shape index (κ2) is 4.83. The molecule has 0 bridgehead atoms. The van der Waals surface area contributed by atoms with E-state index >= 15 is 0 Å². The van der Waals surface area contributed by atoms with E-state index in [1.165, 1.54) is 0 Å². The molecule has 12 heavy (non-hydrogen) atoms. The second-order valence-corrected chi connectivity index (χ2v) is 2.35. The van der Waals surface area contributed by atoms with Crippen LogP contribution in [0.25, 0.3) is 0 Å². The Morgan fingerprint density at radius 3 is 2.83 bits per heavy atom. The van der Waals surface area contributed by atoms with Gasteiger partial charge in [-0.15, -0.1) is 0 Å². The van der Waals surface area contributed by atoms with Crippen molar-refractivity contribution < 1.29 is 14.2 Å². The molecule has 0 aromatic heterocycles. The molecule has 0 aromatic carbocycles.